The summed E-state index contributed by atoms with van der Waals surface area (Å²) in [5, 5.41) is 0. The van der Waals surface area contributed by atoms with Crippen LogP contribution in [0.25, 0.3) is 0 Å². The molecule has 0 bridgehead atoms. The summed E-state index contributed by atoms with van der Waals surface area (Å²) in [6, 6.07) is 0. The molecule has 0 aromatic rings. The number of unbranched alkanes of at least 4 members (excludes halogenated alkanes) is 2. The topological polar surface area (TPSA) is 35.5 Å². The van der Waals surface area contributed by atoms with E-state index in [1.807, 2.05) is 0 Å². The van der Waals surface area contributed by atoms with Crippen molar-refractivity contribution in [3.63, 3.8) is 0 Å². The minimum absolute atomic E-state index is 0.476. The van der Waals surface area contributed by atoms with Crippen LogP contribution < -0.4 is 0 Å². The molecule has 0 aliphatic rings. The van der Waals surface area contributed by atoms with Gasteiger partial charge in [0.25, 0.3) is 0 Å². The SMILES string of the molecule is [CH2-]P(=O)(OCCCC)OCCCC. The third kappa shape index (κ3) is 8.48. The van der Waals surface area contributed by atoms with Gasteiger partial charge in [-0.25, -0.2) is 6.66 Å². The zero-order valence-electron chi connectivity index (χ0n) is 8.62. The first-order valence-electron chi connectivity index (χ1n) is 4.86. The van der Waals surface area contributed by atoms with Gasteiger partial charge in [0.2, 0.25) is 0 Å². The van der Waals surface area contributed by atoms with E-state index < -0.39 is 7.60 Å². The van der Waals surface area contributed by atoms with Gasteiger partial charge in [0.15, 0.2) is 7.60 Å². The van der Waals surface area contributed by atoms with Crippen molar-refractivity contribution in [2.75, 3.05) is 13.2 Å². The van der Waals surface area contributed by atoms with Gasteiger partial charge in [-0.2, -0.15) is 0 Å². The number of rotatable bonds is 8. The second-order valence-corrected chi connectivity index (χ2v) is 4.72. The largest absolute Gasteiger partial charge is 0.331 e. The van der Waals surface area contributed by atoms with E-state index in [1.165, 1.54) is 0 Å². The molecule has 0 aliphatic heterocycles. The maximum absolute atomic E-state index is 11.4. The van der Waals surface area contributed by atoms with Crippen LogP contribution in [0, 0.1) is 6.66 Å². The van der Waals surface area contributed by atoms with Crippen LogP contribution in [0.15, 0.2) is 0 Å². The summed E-state index contributed by atoms with van der Waals surface area (Å²) in [5.74, 6) is 0. The Labute approximate surface area is 81.3 Å². The summed E-state index contributed by atoms with van der Waals surface area (Å²) in [6.07, 6.45) is 3.84. The van der Waals surface area contributed by atoms with Gasteiger partial charge >= 0.3 is 0 Å². The standard InChI is InChI=1S/C9H20O3P/c1-4-6-8-11-13(3,10)12-9-7-5-2/h3-9H2,1-2H3/q-1. The molecule has 0 saturated carbocycles. The zero-order valence-corrected chi connectivity index (χ0v) is 9.52. The molecule has 0 atom stereocenters. The lowest BCUT2D eigenvalue weighted by atomic mass is 10.4. The lowest BCUT2D eigenvalue weighted by molar-refractivity contribution is 0.207. The minimum Gasteiger partial charge on any atom is -0.331 e. The third-order valence-electron chi connectivity index (χ3n) is 1.57. The van der Waals surface area contributed by atoms with Crippen LogP contribution >= 0.6 is 7.60 Å². The van der Waals surface area contributed by atoms with E-state index in [-0.39, 0.29) is 0 Å². The van der Waals surface area contributed by atoms with E-state index in [0.29, 0.717) is 13.2 Å². The van der Waals surface area contributed by atoms with Crippen LogP contribution in [0.4, 0.5) is 0 Å². The smallest absolute Gasteiger partial charge is 0.184 e. The Bertz CT molecular complexity index is 145. The second-order valence-electron chi connectivity index (χ2n) is 2.98. The summed E-state index contributed by atoms with van der Waals surface area (Å²) in [6.45, 7) is 8.48. The van der Waals surface area contributed by atoms with Crippen LogP contribution in [0.3, 0.4) is 0 Å². The molecule has 0 unspecified atom stereocenters. The molecular formula is C9H20O3P-. The lowest BCUT2D eigenvalue weighted by Gasteiger charge is -2.19. The van der Waals surface area contributed by atoms with Gasteiger partial charge in [-0.05, 0) is 12.8 Å². The maximum Gasteiger partial charge on any atom is 0.184 e. The average molecular weight is 207 g/mol. The molecule has 0 aromatic heterocycles. The quantitative estimate of drug-likeness (QED) is 0.346. The van der Waals surface area contributed by atoms with Crippen LogP contribution in [0.1, 0.15) is 39.5 Å². The monoisotopic (exact) mass is 207 g/mol. The van der Waals surface area contributed by atoms with Gasteiger partial charge in [0.1, 0.15) is 0 Å². The predicted molar refractivity (Wildman–Crippen MR) is 54.7 cm³/mol. The summed E-state index contributed by atoms with van der Waals surface area (Å²) < 4.78 is 21.5. The Morgan fingerprint density at radius 3 is 1.77 bits per heavy atom. The first-order valence-corrected chi connectivity index (χ1v) is 6.58. The van der Waals surface area contributed by atoms with Gasteiger partial charge in [-0.15, -0.1) is 0 Å². The predicted octanol–water partition coefficient (Wildman–Crippen LogP) is 3.60. The molecule has 3 nitrogen and oxygen atoms in total. The van der Waals surface area contributed by atoms with E-state index in [2.05, 4.69) is 20.5 Å². The first-order chi connectivity index (χ1) is 6.12. The molecule has 0 spiro atoms. The fraction of sp³-hybridized carbons (Fsp3) is 0.889. The average Bonchev–Trinajstić information content (AvgIpc) is 2.05. The molecule has 0 amide bonds. The van der Waals surface area contributed by atoms with Crippen molar-refractivity contribution in [1.82, 2.24) is 0 Å². The molecule has 0 rings (SSSR count). The number of hydrogen-bond acceptors (Lipinski definition) is 3. The molecule has 0 heterocycles. The highest BCUT2D eigenvalue weighted by atomic mass is 31.2. The van der Waals surface area contributed by atoms with Gasteiger partial charge in [0, 0.05) is 0 Å². The summed E-state index contributed by atoms with van der Waals surface area (Å²) in [7, 11) is -3.00. The van der Waals surface area contributed by atoms with Crippen molar-refractivity contribution < 1.29 is 13.6 Å². The van der Waals surface area contributed by atoms with Crippen molar-refractivity contribution in [2.24, 2.45) is 0 Å². The molecule has 0 aromatic carbocycles. The highest BCUT2D eigenvalue weighted by Gasteiger charge is 2.06. The lowest BCUT2D eigenvalue weighted by Crippen LogP contribution is -1.96. The summed E-state index contributed by atoms with van der Waals surface area (Å²) in [4.78, 5) is 0. The van der Waals surface area contributed by atoms with Crippen LogP contribution in [-0.4, -0.2) is 13.2 Å². The highest BCUT2D eigenvalue weighted by Crippen LogP contribution is 2.46. The molecule has 4 heteroatoms. The minimum atomic E-state index is -3.00. The molecule has 80 valence electrons. The van der Waals surface area contributed by atoms with Crippen molar-refractivity contribution >= 4 is 7.60 Å². The van der Waals surface area contributed by atoms with Crippen molar-refractivity contribution in [3.05, 3.63) is 6.66 Å². The Balaban J connectivity index is 3.49. The Morgan fingerprint density at radius 1 is 1.08 bits per heavy atom. The van der Waals surface area contributed by atoms with Crippen LogP contribution in [-0.2, 0) is 13.6 Å². The van der Waals surface area contributed by atoms with E-state index in [9.17, 15) is 4.57 Å². The molecule has 0 N–H and O–H groups in total. The fourth-order valence-electron chi connectivity index (χ4n) is 0.733. The van der Waals surface area contributed by atoms with Crippen LogP contribution in [0.2, 0.25) is 0 Å². The normalized spacial score (nSPS) is 11.9. The maximum atomic E-state index is 11.4. The van der Waals surface area contributed by atoms with E-state index in [4.69, 9.17) is 9.05 Å². The molecule has 0 radical (unpaired) electrons. The van der Waals surface area contributed by atoms with E-state index >= 15 is 0 Å². The fourth-order valence-corrected chi connectivity index (χ4v) is 1.62. The Kier molecular flexibility index (Phi) is 7.63. The van der Waals surface area contributed by atoms with Gasteiger partial charge in [-0.3, -0.25) is 4.57 Å². The van der Waals surface area contributed by atoms with Gasteiger partial charge in [-0.1, -0.05) is 26.7 Å². The van der Waals surface area contributed by atoms with Crippen molar-refractivity contribution in [3.8, 4) is 0 Å². The first kappa shape index (κ1) is 13.2. The van der Waals surface area contributed by atoms with E-state index in [1.54, 1.807) is 0 Å². The van der Waals surface area contributed by atoms with Gasteiger partial charge < -0.3 is 9.05 Å². The highest BCUT2D eigenvalue weighted by molar-refractivity contribution is 7.55. The third-order valence-corrected chi connectivity index (χ3v) is 2.72. The van der Waals surface area contributed by atoms with Crippen LogP contribution in [0.5, 0.6) is 0 Å². The Hall–Kier alpha value is 0.150. The summed E-state index contributed by atoms with van der Waals surface area (Å²) >= 11 is 0. The zero-order chi connectivity index (χ0) is 10.2. The van der Waals surface area contributed by atoms with E-state index in [0.717, 1.165) is 25.7 Å². The van der Waals surface area contributed by atoms with Crippen molar-refractivity contribution in [1.29, 1.82) is 0 Å². The molecular weight excluding hydrogens is 187 g/mol. The Morgan fingerprint density at radius 2 is 1.46 bits per heavy atom. The van der Waals surface area contributed by atoms with Gasteiger partial charge in [0.05, 0.1) is 13.2 Å². The molecule has 0 fully saturated rings. The molecule has 0 aliphatic carbocycles. The summed E-state index contributed by atoms with van der Waals surface area (Å²) in [5.41, 5.74) is 0. The number of hydrogen-bond donors (Lipinski definition) is 0. The molecule has 13 heavy (non-hydrogen) atoms. The second kappa shape index (κ2) is 7.54. The molecule has 0 saturated heterocycles. The van der Waals surface area contributed by atoms with Crippen molar-refractivity contribution in [2.45, 2.75) is 39.5 Å².